The number of aromatic nitrogens is 3. The van der Waals surface area contributed by atoms with Gasteiger partial charge in [-0.2, -0.15) is 20.1 Å². The molecule has 0 aliphatic carbocycles. The Bertz CT molecular complexity index is 1160. The second kappa shape index (κ2) is 13.4. The highest BCUT2D eigenvalue weighted by Crippen LogP contribution is 2.27. The van der Waals surface area contributed by atoms with Gasteiger partial charge in [-0.3, -0.25) is 0 Å². The zero-order valence-electron chi connectivity index (χ0n) is 19.1. The molecule has 0 saturated carbocycles. The Hall–Kier alpha value is -1.64. The summed E-state index contributed by atoms with van der Waals surface area (Å²) < 4.78 is 7.62. The van der Waals surface area contributed by atoms with Crippen molar-refractivity contribution < 1.29 is 4.74 Å². The molecule has 0 unspecified atom stereocenters. The Balaban J connectivity index is 0.00000408. The molecule has 0 bridgehead atoms. The first-order chi connectivity index (χ1) is 15.8. The summed E-state index contributed by atoms with van der Waals surface area (Å²) >= 11 is 10.8. The van der Waals surface area contributed by atoms with E-state index in [1.165, 1.54) is 0 Å². The van der Waals surface area contributed by atoms with Gasteiger partial charge in [0.15, 0.2) is 0 Å². The molecule has 0 saturated heterocycles. The molecular formula is C22H25Cl2I2N7O. The van der Waals surface area contributed by atoms with Crippen molar-refractivity contribution >= 4 is 98.9 Å². The first kappa shape index (κ1) is 28.6. The van der Waals surface area contributed by atoms with E-state index in [4.69, 9.17) is 16.3 Å². The molecule has 8 nitrogen and oxygen atoms in total. The fourth-order valence-electron chi connectivity index (χ4n) is 2.97. The summed E-state index contributed by atoms with van der Waals surface area (Å²) in [7, 11) is 1.65. The van der Waals surface area contributed by atoms with Crippen LogP contribution in [0.1, 0.15) is 25.0 Å². The molecule has 0 radical (unpaired) electrons. The molecule has 0 aliphatic heterocycles. The van der Waals surface area contributed by atoms with E-state index in [0.29, 0.717) is 22.9 Å². The number of benzene rings is 2. The molecule has 0 spiro atoms. The lowest BCUT2D eigenvalue weighted by atomic mass is 10.2. The second-order valence-corrected chi connectivity index (χ2v) is 9.74. The van der Waals surface area contributed by atoms with Crippen molar-refractivity contribution in [1.29, 1.82) is 0 Å². The van der Waals surface area contributed by atoms with Crippen LogP contribution in [0.3, 0.4) is 0 Å². The average Bonchev–Trinajstić information content (AvgIpc) is 2.77. The maximum atomic E-state index is 6.27. The van der Waals surface area contributed by atoms with Gasteiger partial charge in [0.2, 0.25) is 17.8 Å². The van der Waals surface area contributed by atoms with E-state index >= 15 is 0 Å². The Morgan fingerprint density at radius 3 is 2.44 bits per heavy atom. The number of hydrazone groups is 1. The van der Waals surface area contributed by atoms with Gasteiger partial charge in [0, 0.05) is 32.9 Å². The lowest BCUT2D eigenvalue weighted by Crippen LogP contribution is -2.25. The highest BCUT2D eigenvalue weighted by Gasteiger charge is 2.12. The molecule has 2 aromatic carbocycles. The Kier molecular flexibility index (Phi) is 11.3. The number of aryl methyl sites for hydroxylation is 1. The molecule has 12 heteroatoms. The first-order valence-corrected chi connectivity index (χ1v) is 12.7. The fourth-order valence-corrected chi connectivity index (χ4v) is 5.26. The van der Waals surface area contributed by atoms with Crippen LogP contribution in [0, 0.1) is 14.1 Å². The Morgan fingerprint density at radius 2 is 1.79 bits per heavy atom. The number of hydrogen-bond acceptors (Lipinski definition) is 8. The molecule has 0 aliphatic rings. The highest BCUT2D eigenvalue weighted by atomic mass is 127. The van der Waals surface area contributed by atoms with Gasteiger partial charge in [0.25, 0.3) is 0 Å². The molecule has 0 fully saturated rings. The van der Waals surface area contributed by atoms with Crippen LogP contribution in [0.2, 0.25) is 5.02 Å². The van der Waals surface area contributed by atoms with Crippen LogP contribution in [0.4, 0.5) is 23.5 Å². The van der Waals surface area contributed by atoms with Crippen LogP contribution in [-0.2, 0) is 0 Å². The monoisotopic (exact) mass is 727 g/mol. The molecule has 2 N–H and O–H groups in total. The van der Waals surface area contributed by atoms with E-state index in [0.717, 1.165) is 42.8 Å². The number of rotatable bonds is 9. The molecule has 1 aromatic heterocycles. The minimum absolute atomic E-state index is 0. The zero-order valence-corrected chi connectivity index (χ0v) is 25.0. The maximum absolute atomic E-state index is 6.27. The van der Waals surface area contributed by atoms with Crippen molar-refractivity contribution in [3.05, 3.63) is 53.6 Å². The molecule has 3 aromatic rings. The number of halogens is 4. The maximum Gasteiger partial charge on any atom is 0.250 e. The number of hydrogen-bond donors (Lipinski definition) is 2. The van der Waals surface area contributed by atoms with Crippen molar-refractivity contribution in [2.24, 2.45) is 5.10 Å². The minimum atomic E-state index is 0. The summed E-state index contributed by atoms with van der Waals surface area (Å²) in [5.41, 5.74) is 5.57. The molecule has 0 amide bonds. The van der Waals surface area contributed by atoms with Crippen molar-refractivity contribution in [2.75, 3.05) is 35.8 Å². The highest BCUT2D eigenvalue weighted by molar-refractivity contribution is 14.1. The van der Waals surface area contributed by atoms with Crippen molar-refractivity contribution in [3.63, 3.8) is 0 Å². The van der Waals surface area contributed by atoms with E-state index in [2.05, 4.69) is 89.8 Å². The zero-order chi connectivity index (χ0) is 24.0. The largest absolute Gasteiger partial charge is 0.495 e. The molecule has 182 valence electrons. The van der Waals surface area contributed by atoms with E-state index in [-0.39, 0.29) is 12.4 Å². The third-order valence-corrected chi connectivity index (χ3v) is 6.54. The van der Waals surface area contributed by atoms with Gasteiger partial charge in [0.1, 0.15) is 5.75 Å². The third kappa shape index (κ3) is 7.43. The van der Waals surface area contributed by atoms with Gasteiger partial charge in [-0.05, 0) is 95.8 Å². The van der Waals surface area contributed by atoms with Crippen LogP contribution >= 0.6 is 69.2 Å². The van der Waals surface area contributed by atoms with Gasteiger partial charge in [-0.25, -0.2) is 5.43 Å². The third-order valence-electron chi connectivity index (χ3n) is 4.71. The SMILES string of the molecule is CCN(CC)c1nc(NN=Cc2cc(I)cc(I)c2OC)nc(Nc2ccc(C)c(Cl)c2)n1.Cl. The molecule has 3 rings (SSSR count). The first-order valence-electron chi connectivity index (χ1n) is 10.2. The number of methoxy groups -OCH3 is 1. The van der Waals surface area contributed by atoms with E-state index < -0.39 is 0 Å². The van der Waals surface area contributed by atoms with Gasteiger partial charge in [-0.15, -0.1) is 12.4 Å². The molecule has 0 atom stereocenters. The quantitative estimate of drug-likeness (QED) is 0.148. The van der Waals surface area contributed by atoms with Crippen LogP contribution in [0.5, 0.6) is 5.75 Å². The van der Waals surface area contributed by atoms with Crippen LogP contribution in [-0.4, -0.2) is 41.4 Å². The van der Waals surface area contributed by atoms with Crippen molar-refractivity contribution in [1.82, 2.24) is 15.0 Å². The summed E-state index contributed by atoms with van der Waals surface area (Å²) in [4.78, 5) is 15.6. The van der Waals surface area contributed by atoms with Crippen molar-refractivity contribution in [3.8, 4) is 5.75 Å². The van der Waals surface area contributed by atoms with E-state index in [1.54, 1.807) is 13.3 Å². The number of nitrogens with one attached hydrogen (secondary N) is 2. The molecule has 34 heavy (non-hydrogen) atoms. The summed E-state index contributed by atoms with van der Waals surface area (Å²) in [5.74, 6) is 2.03. The second-order valence-electron chi connectivity index (χ2n) is 6.92. The topological polar surface area (TPSA) is 87.6 Å². The lowest BCUT2D eigenvalue weighted by Gasteiger charge is -2.19. The van der Waals surface area contributed by atoms with Gasteiger partial charge >= 0.3 is 0 Å². The van der Waals surface area contributed by atoms with Gasteiger partial charge in [0.05, 0.1) is 16.9 Å². The minimum Gasteiger partial charge on any atom is -0.495 e. The van der Waals surface area contributed by atoms with Crippen LogP contribution < -0.4 is 20.4 Å². The normalized spacial score (nSPS) is 10.7. The predicted molar refractivity (Wildman–Crippen MR) is 160 cm³/mol. The summed E-state index contributed by atoms with van der Waals surface area (Å²) in [5, 5.41) is 8.23. The average molecular weight is 728 g/mol. The number of ether oxygens (including phenoxy) is 1. The Labute approximate surface area is 238 Å². The standard InChI is InChI=1S/C22H24ClI2N7O.ClH/c1-5-32(6-2)22-29-20(27-16-8-7-13(3)17(23)11-16)28-21(30-22)31-26-12-14-9-15(24)10-18(25)19(14)33-4;/h7-12H,5-6H2,1-4H3,(H2,27,28,29,30,31);1H. The van der Waals surface area contributed by atoms with E-state index in [1.807, 2.05) is 42.2 Å². The number of nitrogens with zero attached hydrogens (tertiary/aromatic N) is 5. The summed E-state index contributed by atoms with van der Waals surface area (Å²) in [6, 6.07) is 9.75. The van der Waals surface area contributed by atoms with E-state index in [9.17, 15) is 0 Å². The summed E-state index contributed by atoms with van der Waals surface area (Å²) in [6.45, 7) is 7.58. The van der Waals surface area contributed by atoms with Gasteiger partial charge < -0.3 is 15.0 Å². The predicted octanol–water partition coefficient (Wildman–Crippen LogP) is 6.51. The number of anilines is 4. The van der Waals surface area contributed by atoms with Gasteiger partial charge in [-0.1, -0.05) is 17.7 Å². The Morgan fingerprint density at radius 1 is 1.09 bits per heavy atom. The molecular weight excluding hydrogens is 703 g/mol. The molecule has 1 heterocycles. The smallest absolute Gasteiger partial charge is 0.250 e. The lowest BCUT2D eigenvalue weighted by molar-refractivity contribution is 0.411. The van der Waals surface area contributed by atoms with Crippen LogP contribution in [0.25, 0.3) is 0 Å². The van der Waals surface area contributed by atoms with Crippen molar-refractivity contribution in [2.45, 2.75) is 20.8 Å². The summed E-state index contributed by atoms with van der Waals surface area (Å²) in [6.07, 6.45) is 1.69. The van der Waals surface area contributed by atoms with Crippen LogP contribution in [0.15, 0.2) is 35.4 Å². The fraction of sp³-hybridized carbons (Fsp3) is 0.273.